The van der Waals surface area contributed by atoms with Gasteiger partial charge in [-0.1, -0.05) is 23.8 Å². The smallest absolute Gasteiger partial charge is 0.357 e. The molecule has 23 heavy (non-hydrogen) atoms. The van der Waals surface area contributed by atoms with E-state index < -0.39 is 0 Å². The number of aryl methyl sites for hydroxylation is 1. The van der Waals surface area contributed by atoms with E-state index in [1.54, 1.807) is 7.11 Å². The maximum atomic E-state index is 12.0. The molecule has 0 atom stereocenters. The maximum Gasteiger partial charge on any atom is 0.357 e. The summed E-state index contributed by atoms with van der Waals surface area (Å²) in [5.74, 6) is 0.449. The van der Waals surface area contributed by atoms with Gasteiger partial charge in [0.1, 0.15) is 12.4 Å². The van der Waals surface area contributed by atoms with Crippen molar-refractivity contribution in [3.8, 4) is 16.9 Å². The number of ether oxygens (including phenoxy) is 2. The van der Waals surface area contributed by atoms with Crippen molar-refractivity contribution in [2.24, 2.45) is 0 Å². The number of methoxy groups -OCH3 is 1. The molecule has 1 aromatic heterocycles. The van der Waals surface area contributed by atoms with Gasteiger partial charge in [0.15, 0.2) is 5.69 Å². The average molecular weight is 305 g/mol. The van der Waals surface area contributed by atoms with Crippen LogP contribution in [-0.4, -0.2) is 18.1 Å². The van der Waals surface area contributed by atoms with Crippen LogP contribution in [0.2, 0.25) is 0 Å². The van der Waals surface area contributed by atoms with E-state index in [1.807, 2.05) is 43.3 Å². The van der Waals surface area contributed by atoms with Gasteiger partial charge in [0.25, 0.3) is 0 Å². The van der Waals surface area contributed by atoms with Gasteiger partial charge in [-0.3, -0.25) is 0 Å². The molecule has 0 spiro atoms. The van der Waals surface area contributed by atoms with Gasteiger partial charge in [0, 0.05) is 16.5 Å². The first-order valence-electron chi connectivity index (χ1n) is 7.42. The van der Waals surface area contributed by atoms with Gasteiger partial charge in [-0.05, 0) is 36.8 Å². The molecule has 3 aromatic rings. The third-order valence-electron chi connectivity index (χ3n) is 4.16. The molecular formula is C19H15NO3. The van der Waals surface area contributed by atoms with Crippen molar-refractivity contribution in [3.63, 3.8) is 0 Å². The second-order valence-electron chi connectivity index (χ2n) is 5.64. The number of rotatable bonds is 2. The van der Waals surface area contributed by atoms with Crippen LogP contribution in [0.25, 0.3) is 22.0 Å². The predicted octanol–water partition coefficient (Wildman–Crippen LogP) is 3.89. The van der Waals surface area contributed by atoms with Crippen molar-refractivity contribution in [1.82, 2.24) is 4.98 Å². The monoisotopic (exact) mass is 305 g/mol. The molecule has 114 valence electrons. The van der Waals surface area contributed by atoms with Gasteiger partial charge < -0.3 is 9.47 Å². The molecule has 0 radical (unpaired) electrons. The molecule has 0 bridgehead atoms. The van der Waals surface area contributed by atoms with E-state index in [-0.39, 0.29) is 12.6 Å². The van der Waals surface area contributed by atoms with E-state index in [9.17, 15) is 4.79 Å². The van der Waals surface area contributed by atoms with Crippen LogP contribution in [-0.2, 0) is 11.3 Å². The van der Waals surface area contributed by atoms with Crippen LogP contribution >= 0.6 is 0 Å². The Balaban J connectivity index is 2.06. The molecule has 0 unspecified atom stereocenters. The molecule has 0 saturated carbocycles. The quantitative estimate of drug-likeness (QED) is 0.674. The van der Waals surface area contributed by atoms with Crippen LogP contribution in [0.3, 0.4) is 0 Å². The third-order valence-corrected chi connectivity index (χ3v) is 4.16. The zero-order valence-corrected chi connectivity index (χ0v) is 12.9. The summed E-state index contributed by atoms with van der Waals surface area (Å²) in [5.41, 5.74) is 5.28. The molecule has 0 aliphatic carbocycles. The zero-order valence-electron chi connectivity index (χ0n) is 12.9. The number of cyclic esters (lactones) is 1. The Labute approximate surface area is 133 Å². The normalized spacial score (nSPS) is 13.0. The molecule has 4 rings (SSSR count). The summed E-state index contributed by atoms with van der Waals surface area (Å²) in [7, 11) is 1.64. The summed E-state index contributed by atoms with van der Waals surface area (Å²) in [5, 5.41) is 1.03. The van der Waals surface area contributed by atoms with E-state index >= 15 is 0 Å². The minimum absolute atomic E-state index is 0.270. The van der Waals surface area contributed by atoms with Gasteiger partial charge in [0.2, 0.25) is 0 Å². The Hall–Kier alpha value is -2.88. The molecular weight excluding hydrogens is 290 g/mol. The predicted molar refractivity (Wildman–Crippen MR) is 87.6 cm³/mol. The van der Waals surface area contributed by atoms with Crippen LogP contribution in [0.15, 0.2) is 42.5 Å². The van der Waals surface area contributed by atoms with Crippen molar-refractivity contribution in [1.29, 1.82) is 0 Å². The van der Waals surface area contributed by atoms with Crippen molar-refractivity contribution in [2.45, 2.75) is 13.5 Å². The molecule has 1 aliphatic heterocycles. The van der Waals surface area contributed by atoms with Crippen molar-refractivity contribution >= 4 is 16.9 Å². The standard InChI is InChI=1S/C19H15NO3/c1-11-3-8-16-14(9-11)17(12-4-6-13(22-2)7-5-12)15-10-23-19(21)18(15)20-16/h3-9H,10H2,1-2H3. The highest BCUT2D eigenvalue weighted by atomic mass is 16.5. The molecule has 1 aliphatic rings. The molecule has 4 heteroatoms. The van der Waals surface area contributed by atoms with Crippen LogP contribution in [0.4, 0.5) is 0 Å². The number of hydrogen-bond acceptors (Lipinski definition) is 4. The number of benzene rings is 2. The fourth-order valence-corrected chi connectivity index (χ4v) is 3.02. The fraction of sp³-hybridized carbons (Fsp3) is 0.158. The second kappa shape index (κ2) is 5.09. The number of pyridine rings is 1. The highest BCUT2D eigenvalue weighted by Crippen LogP contribution is 2.37. The first-order chi connectivity index (χ1) is 11.2. The van der Waals surface area contributed by atoms with E-state index in [0.29, 0.717) is 5.69 Å². The van der Waals surface area contributed by atoms with Crippen molar-refractivity contribution < 1.29 is 14.3 Å². The molecule has 0 fully saturated rings. The Morgan fingerprint density at radius 1 is 1.13 bits per heavy atom. The summed E-state index contributed by atoms with van der Waals surface area (Å²) in [6.45, 7) is 2.32. The summed E-state index contributed by atoms with van der Waals surface area (Å²) in [6, 6.07) is 13.9. The lowest BCUT2D eigenvalue weighted by atomic mass is 9.94. The van der Waals surface area contributed by atoms with Crippen LogP contribution in [0.5, 0.6) is 5.75 Å². The molecule has 4 nitrogen and oxygen atoms in total. The highest BCUT2D eigenvalue weighted by Gasteiger charge is 2.28. The SMILES string of the molecule is COc1ccc(-c2c3c(nc4ccc(C)cc24)C(=O)OC3)cc1. The van der Waals surface area contributed by atoms with Crippen LogP contribution in [0, 0.1) is 6.92 Å². The highest BCUT2D eigenvalue weighted by molar-refractivity contribution is 6.03. The fourth-order valence-electron chi connectivity index (χ4n) is 3.02. The summed E-state index contributed by atoms with van der Waals surface area (Å²) >= 11 is 0. The Kier molecular flexibility index (Phi) is 3.05. The Morgan fingerprint density at radius 2 is 1.91 bits per heavy atom. The average Bonchev–Trinajstić information content (AvgIpc) is 2.94. The lowest BCUT2D eigenvalue weighted by molar-refractivity contribution is 0.0531. The van der Waals surface area contributed by atoms with Crippen LogP contribution < -0.4 is 4.74 Å². The molecule has 0 N–H and O–H groups in total. The molecule has 2 heterocycles. The van der Waals surface area contributed by atoms with E-state index in [2.05, 4.69) is 11.1 Å². The van der Waals surface area contributed by atoms with E-state index in [4.69, 9.17) is 9.47 Å². The van der Waals surface area contributed by atoms with Crippen molar-refractivity contribution in [2.75, 3.05) is 7.11 Å². The topological polar surface area (TPSA) is 48.4 Å². The first kappa shape index (κ1) is 13.8. The van der Waals surface area contributed by atoms with Crippen molar-refractivity contribution in [3.05, 3.63) is 59.3 Å². The Morgan fingerprint density at radius 3 is 2.65 bits per heavy atom. The number of hydrogen-bond donors (Lipinski definition) is 0. The number of carbonyl (C=O) groups is 1. The van der Waals surface area contributed by atoms with Gasteiger partial charge in [-0.25, -0.2) is 9.78 Å². The number of esters is 1. The maximum absolute atomic E-state index is 12.0. The van der Waals surface area contributed by atoms with E-state index in [1.165, 1.54) is 0 Å². The number of carbonyl (C=O) groups excluding carboxylic acids is 1. The number of fused-ring (bicyclic) bond motifs is 2. The summed E-state index contributed by atoms with van der Waals surface area (Å²) in [4.78, 5) is 16.5. The first-order valence-corrected chi connectivity index (χ1v) is 7.42. The minimum Gasteiger partial charge on any atom is -0.497 e. The van der Waals surface area contributed by atoms with Crippen LogP contribution in [0.1, 0.15) is 21.6 Å². The number of nitrogens with zero attached hydrogens (tertiary/aromatic N) is 1. The lowest BCUT2D eigenvalue weighted by Gasteiger charge is -2.12. The third kappa shape index (κ3) is 2.14. The lowest BCUT2D eigenvalue weighted by Crippen LogP contribution is -2.00. The molecule has 2 aromatic carbocycles. The molecule has 0 saturated heterocycles. The second-order valence-corrected chi connectivity index (χ2v) is 5.64. The summed E-state index contributed by atoms with van der Waals surface area (Å²) < 4.78 is 10.4. The van der Waals surface area contributed by atoms with Gasteiger partial charge >= 0.3 is 5.97 Å². The number of aromatic nitrogens is 1. The summed E-state index contributed by atoms with van der Waals surface area (Å²) in [6.07, 6.45) is 0. The largest absolute Gasteiger partial charge is 0.497 e. The van der Waals surface area contributed by atoms with Gasteiger partial charge in [0.05, 0.1) is 12.6 Å². The zero-order chi connectivity index (χ0) is 16.0. The minimum atomic E-state index is -0.350. The van der Waals surface area contributed by atoms with Gasteiger partial charge in [-0.15, -0.1) is 0 Å². The van der Waals surface area contributed by atoms with E-state index in [0.717, 1.165) is 38.9 Å². The van der Waals surface area contributed by atoms with Gasteiger partial charge in [-0.2, -0.15) is 0 Å². The Bertz CT molecular complexity index is 929. The molecule has 0 amide bonds.